The zero-order valence-corrected chi connectivity index (χ0v) is 18.6. The zero-order chi connectivity index (χ0) is 24.1. The quantitative estimate of drug-likeness (QED) is 0.529. The van der Waals surface area contributed by atoms with Crippen LogP contribution in [0, 0.1) is 0 Å². The van der Waals surface area contributed by atoms with E-state index >= 15 is 0 Å². The van der Waals surface area contributed by atoms with Crippen LogP contribution in [0.4, 0.5) is 13.2 Å². The number of carbonyl (C=O) groups excluding carboxylic acids is 1. The summed E-state index contributed by atoms with van der Waals surface area (Å²) in [6.45, 7) is -0.532. The Morgan fingerprint density at radius 2 is 2.06 bits per heavy atom. The van der Waals surface area contributed by atoms with Gasteiger partial charge in [0.05, 0.1) is 25.5 Å². The lowest BCUT2D eigenvalue weighted by molar-refractivity contribution is -0.324. The van der Waals surface area contributed by atoms with Crippen molar-refractivity contribution in [1.29, 1.82) is 0 Å². The smallest absolute Gasteiger partial charge is 0.480 e. The molecule has 2 aromatic rings. The number of halogens is 4. The molecule has 1 amide bonds. The molecular formula is C22H22ClF3N2O6. The van der Waals surface area contributed by atoms with E-state index < -0.39 is 25.2 Å². The second kappa shape index (κ2) is 8.31. The van der Waals surface area contributed by atoms with Gasteiger partial charge in [-0.2, -0.15) is 4.98 Å². The first-order chi connectivity index (χ1) is 16.1. The van der Waals surface area contributed by atoms with Crippen molar-refractivity contribution in [3.8, 4) is 11.8 Å². The van der Waals surface area contributed by atoms with Gasteiger partial charge in [-0.3, -0.25) is 9.53 Å². The van der Waals surface area contributed by atoms with Crippen molar-refractivity contribution in [2.75, 3.05) is 13.2 Å². The minimum absolute atomic E-state index is 0.00631. The van der Waals surface area contributed by atoms with Crippen LogP contribution in [0.5, 0.6) is 11.8 Å². The summed E-state index contributed by atoms with van der Waals surface area (Å²) in [6, 6.07) is 4.92. The van der Waals surface area contributed by atoms with E-state index in [2.05, 4.69) is 15.0 Å². The number of nitrogens with one attached hydrogen (secondary N) is 1. The number of aliphatic hydroxyl groups is 1. The zero-order valence-electron chi connectivity index (χ0n) is 17.9. The van der Waals surface area contributed by atoms with Crippen molar-refractivity contribution in [2.24, 2.45) is 0 Å². The number of alkyl halides is 3. The number of rotatable bonds is 8. The molecule has 3 fully saturated rings. The van der Waals surface area contributed by atoms with Crippen LogP contribution in [0.15, 0.2) is 28.8 Å². The molecule has 8 nitrogen and oxygen atoms in total. The summed E-state index contributed by atoms with van der Waals surface area (Å²) >= 11 is 5.97. The number of amides is 1. The second-order valence-electron chi connectivity index (χ2n) is 9.11. The van der Waals surface area contributed by atoms with Gasteiger partial charge in [0.2, 0.25) is 0 Å². The summed E-state index contributed by atoms with van der Waals surface area (Å²) < 4.78 is 56.2. The van der Waals surface area contributed by atoms with Gasteiger partial charge < -0.3 is 24.3 Å². The van der Waals surface area contributed by atoms with Crippen LogP contribution in [-0.2, 0) is 14.9 Å². The van der Waals surface area contributed by atoms with Crippen LogP contribution in [0.2, 0.25) is 5.02 Å². The van der Waals surface area contributed by atoms with E-state index in [0.29, 0.717) is 41.4 Å². The number of hydrogen-bond donors (Lipinski definition) is 2. The molecule has 184 valence electrons. The van der Waals surface area contributed by atoms with Crippen molar-refractivity contribution in [2.45, 2.75) is 61.6 Å². The number of hydrogen-bond acceptors (Lipinski definition) is 7. The molecule has 3 saturated carbocycles. The van der Waals surface area contributed by atoms with Crippen molar-refractivity contribution in [3.63, 3.8) is 0 Å². The van der Waals surface area contributed by atoms with E-state index in [0.717, 1.165) is 0 Å². The van der Waals surface area contributed by atoms with Gasteiger partial charge in [0.25, 0.3) is 5.91 Å². The van der Waals surface area contributed by atoms with Gasteiger partial charge in [-0.15, -0.1) is 13.2 Å². The van der Waals surface area contributed by atoms with Gasteiger partial charge in [-0.1, -0.05) is 11.6 Å². The summed E-state index contributed by atoms with van der Waals surface area (Å²) in [6.07, 6.45) is -2.59. The lowest BCUT2D eigenvalue weighted by Gasteiger charge is -2.69. The molecule has 0 unspecified atom stereocenters. The number of oxazole rings is 1. The van der Waals surface area contributed by atoms with E-state index in [9.17, 15) is 23.1 Å². The van der Waals surface area contributed by atoms with Crippen molar-refractivity contribution < 1.29 is 41.7 Å². The van der Waals surface area contributed by atoms with Crippen LogP contribution >= 0.6 is 11.6 Å². The Bertz CT molecular complexity index is 1070. The third kappa shape index (κ3) is 4.44. The average molecular weight is 503 g/mol. The lowest BCUT2D eigenvalue weighted by atomic mass is 9.38. The van der Waals surface area contributed by atoms with E-state index in [1.165, 1.54) is 0 Å². The SMILES string of the molecule is O=C(NC12CC(c3cnc(OCCCOC(F)(F)F)o3)(C1)C2)[C@H]1C[C@@H](O)c2cc(Cl)ccc2O1. The van der Waals surface area contributed by atoms with Gasteiger partial charge in [0.15, 0.2) is 6.10 Å². The predicted octanol–water partition coefficient (Wildman–Crippen LogP) is 3.81. The van der Waals surface area contributed by atoms with Gasteiger partial charge in [0, 0.05) is 34.4 Å². The molecule has 0 saturated heterocycles. The topological polar surface area (TPSA) is 103 Å². The van der Waals surface area contributed by atoms with Crippen LogP contribution in [0.25, 0.3) is 0 Å². The summed E-state index contributed by atoms with van der Waals surface area (Å²) in [5, 5.41) is 13.9. The number of carbonyl (C=O) groups is 1. The van der Waals surface area contributed by atoms with Gasteiger partial charge in [-0.25, -0.2) is 0 Å². The van der Waals surface area contributed by atoms with E-state index in [-0.39, 0.29) is 42.4 Å². The molecule has 4 aliphatic rings. The maximum absolute atomic E-state index is 12.8. The Morgan fingerprint density at radius 1 is 1.29 bits per heavy atom. The average Bonchev–Trinajstić information content (AvgIpc) is 3.17. The minimum atomic E-state index is -4.66. The summed E-state index contributed by atoms with van der Waals surface area (Å²) in [5.74, 6) is 0.785. The molecule has 12 heteroatoms. The summed E-state index contributed by atoms with van der Waals surface area (Å²) in [5.41, 5.74) is -0.0244. The Hall–Kier alpha value is -2.50. The number of aliphatic hydroxyl groups excluding tert-OH is 1. The first-order valence-electron chi connectivity index (χ1n) is 10.8. The molecule has 3 aliphatic carbocycles. The maximum atomic E-state index is 12.8. The summed E-state index contributed by atoms with van der Waals surface area (Å²) in [4.78, 5) is 16.9. The monoisotopic (exact) mass is 502 g/mol. The number of benzene rings is 1. The highest BCUT2D eigenvalue weighted by Crippen LogP contribution is 2.68. The van der Waals surface area contributed by atoms with E-state index in [1.807, 2.05) is 0 Å². The molecule has 0 radical (unpaired) electrons. The highest BCUT2D eigenvalue weighted by molar-refractivity contribution is 6.30. The highest BCUT2D eigenvalue weighted by atomic mass is 35.5. The molecule has 2 heterocycles. The first kappa shape index (κ1) is 23.3. The molecule has 0 spiro atoms. The molecular weight excluding hydrogens is 481 g/mol. The van der Waals surface area contributed by atoms with E-state index in [4.69, 9.17) is 25.5 Å². The molecule has 2 N–H and O–H groups in total. The predicted molar refractivity (Wildman–Crippen MR) is 110 cm³/mol. The van der Waals surface area contributed by atoms with Crippen LogP contribution in [-0.4, -0.2) is 47.2 Å². The normalized spacial score (nSPS) is 29.3. The van der Waals surface area contributed by atoms with Crippen molar-refractivity contribution in [1.82, 2.24) is 10.3 Å². The Kier molecular flexibility index (Phi) is 5.69. The van der Waals surface area contributed by atoms with Gasteiger partial charge in [0.1, 0.15) is 11.5 Å². The molecule has 34 heavy (non-hydrogen) atoms. The van der Waals surface area contributed by atoms with Crippen molar-refractivity contribution in [3.05, 3.63) is 40.7 Å². The molecule has 2 bridgehead atoms. The first-order valence-corrected chi connectivity index (χ1v) is 11.2. The number of aromatic nitrogens is 1. The fourth-order valence-corrected chi connectivity index (χ4v) is 5.26. The molecule has 1 aliphatic heterocycles. The maximum Gasteiger partial charge on any atom is 0.522 e. The van der Waals surface area contributed by atoms with Crippen molar-refractivity contribution >= 4 is 17.5 Å². The van der Waals surface area contributed by atoms with Crippen LogP contribution in [0.3, 0.4) is 0 Å². The fraction of sp³-hybridized carbons (Fsp3) is 0.545. The second-order valence-corrected chi connectivity index (χ2v) is 9.54. The van der Waals surface area contributed by atoms with Crippen LogP contribution in [0.1, 0.15) is 49.5 Å². The Balaban J connectivity index is 1.10. The Labute approximate surface area is 197 Å². The molecule has 2 atom stereocenters. The largest absolute Gasteiger partial charge is 0.522 e. The molecule has 1 aromatic carbocycles. The minimum Gasteiger partial charge on any atom is -0.480 e. The molecule has 1 aromatic heterocycles. The number of fused-ring (bicyclic) bond motifs is 1. The highest BCUT2D eigenvalue weighted by Gasteiger charge is 2.71. The van der Waals surface area contributed by atoms with Gasteiger partial charge >= 0.3 is 12.4 Å². The standard InChI is InChI=1S/C22H22ClF3N2O6/c23-12-2-3-15-13(6-12)14(29)7-16(33-15)18(30)28-21-9-20(10-21,11-21)17-8-27-19(34-17)31-4-1-5-32-22(24,25)26/h2-3,6,8,14,16,29H,1,4-5,7,9-11H2,(H,28,30)/t14-,16-,20?,21?/m1/s1. The van der Waals surface area contributed by atoms with Crippen LogP contribution < -0.4 is 14.8 Å². The molecule has 6 rings (SSSR count). The summed E-state index contributed by atoms with van der Waals surface area (Å²) in [7, 11) is 0. The lowest BCUT2D eigenvalue weighted by Crippen LogP contribution is -2.77. The van der Waals surface area contributed by atoms with Gasteiger partial charge in [-0.05, 0) is 37.5 Å². The third-order valence-electron chi connectivity index (χ3n) is 6.54. The third-order valence-corrected chi connectivity index (χ3v) is 6.77. The fourth-order valence-electron chi connectivity index (χ4n) is 5.08. The Morgan fingerprint density at radius 3 is 2.79 bits per heavy atom. The number of nitrogens with zero attached hydrogens (tertiary/aromatic N) is 1. The number of ether oxygens (including phenoxy) is 3. The van der Waals surface area contributed by atoms with E-state index in [1.54, 1.807) is 24.4 Å².